The number of hydrogen-bond acceptors (Lipinski definition) is 4. The van der Waals surface area contributed by atoms with Gasteiger partial charge in [-0.1, -0.05) is 18.2 Å². The standard InChI is InChI=1S/C19H20N2O4/c1-24-15-7-5-6-14(11-15)21-12-13(10-18(21)22)20-19(23)16-8-3-4-9-17(16)25-2/h3-9,11,13H,10,12H2,1-2H3,(H,20,23)/t13-/m1/s1. The van der Waals surface area contributed by atoms with Crippen molar-refractivity contribution in [2.75, 3.05) is 25.7 Å². The molecular weight excluding hydrogens is 320 g/mol. The van der Waals surface area contributed by atoms with Crippen LogP contribution in [-0.4, -0.2) is 38.6 Å². The van der Waals surface area contributed by atoms with Crippen LogP contribution in [0, 0.1) is 0 Å². The molecular formula is C19H20N2O4. The Morgan fingerprint density at radius 2 is 1.92 bits per heavy atom. The van der Waals surface area contributed by atoms with Gasteiger partial charge >= 0.3 is 0 Å². The fourth-order valence-electron chi connectivity index (χ4n) is 2.93. The van der Waals surface area contributed by atoms with E-state index in [1.807, 2.05) is 24.3 Å². The lowest BCUT2D eigenvalue weighted by Gasteiger charge is -2.18. The minimum Gasteiger partial charge on any atom is -0.497 e. The Morgan fingerprint density at radius 1 is 1.12 bits per heavy atom. The molecule has 0 saturated carbocycles. The van der Waals surface area contributed by atoms with Crippen LogP contribution in [0.3, 0.4) is 0 Å². The third-order valence-electron chi connectivity index (χ3n) is 4.18. The van der Waals surface area contributed by atoms with Gasteiger partial charge in [0.1, 0.15) is 11.5 Å². The molecule has 0 bridgehead atoms. The summed E-state index contributed by atoms with van der Waals surface area (Å²) in [6, 6.07) is 14.1. The molecule has 0 unspecified atom stereocenters. The first-order chi connectivity index (χ1) is 12.1. The largest absolute Gasteiger partial charge is 0.497 e. The van der Waals surface area contributed by atoms with Crippen LogP contribution in [0.25, 0.3) is 0 Å². The monoisotopic (exact) mass is 340 g/mol. The molecule has 1 heterocycles. The normalized spacial score (nSPS) is 16.6. The summed E-state index contributed by atoms with van der Waals surface area (Å²) in [7, 11) is 3.11. The van der Waals surface area contributed by atoms with Gasteiger partial charge in [0.25, 0.3) is 5.91 Å². The number of carbonyl (C=O) groups is 2. The number of ether oxygens (including phenoxy) is 2. The molecule has 3 rings (SSSR count). The van der Waals surface area contributed by atoms with Gasteiger partial charge in [-0.2, -0.15) is 0 Å². The number of hydrogen-bond donors (Lipinski definition) is 1. The summed E-state index contributed by atoms with van der Waals surface area (Å²) >= 11 is 0. The summed E-state index contributed by atoms with van der Waals surface area (Å²) in [6.45, 7) is 0.424. The molecule has 25 heavy (non-hydrogen) atoms. The predicted octanol–water partition coefficient (Wildman–Crippen LogP) is 2.24. The summed E-state index contributed by atoms with van der Waals surface area (Å²) in [5, 5.41) is 2.92. The van der Waals surface area contributed by atoms with E-state index in [4.69, 9.17) is 9.47 Å². The lowest BCUT2D eigenvalue weighted by atomic mass is 10.1. The van der Waals surface area contributed by atoms with E-state index in [2.05, 4.69) is 5.32 Å². The summed E-state index contributed by atoms with van der Waals surface area (Å²) in [5.41, 5.74) is 1.22. The number of methoxy groups -OCH3 is 2. The SMILES string of the molecule is COc1cccc(N2C[C@H](NC(=O)c3ccccc3OC)CC2=O)c1. The van der Waals surface area contributed by atoms with Crippen molar-refractivity contribution in [2.24, 2.45) is 0 Å². The third-order valence-corrected chi connectivity index (χ3v) is 4.18. The van der Waals surface area contributed by atoms with Crippen LogP contribution in [0.5, 0.6) is 11.5 Å². The van der Waals surface area contributed by atoms with Crippen LogP contribution in [0.2, 0.25) is 0 Å². The highest BCUT2D eigenvalue weighted by molar-refractivity contribution is 6.00. The molecule has 1 N–H and O–H groups in total. The van der Waals surface area contributed by atoms with Crippen LogP contribution < -0.4 is 19.7 Å². The smallest absolute Gasteiger partial charge is 0.255 e. The molecule has 6 nitrogen and oxygen atoms in total. The van der Waals surface area contributed by atoms with E-state index in [9.17, 15) is 9.59 Å². The molecule has 2 aromatic rings. The van der Waals surface area contributed by atoms with E-state index in [0.29, 0.717) is 23.6 Å². The first-order valence-electron chi connectivity index (χ1n) is 8.00. The average Bonchev–Trinajstić information content (AvgIpc) is 3.01. The minimum absolute atomic E-state index is 0.0291. The average molecular weight is 340 g/mol. The van der Waals surface area contributed by atoms with Crippen molar-refractivity contribution in [1.82, 2.24) is 5.32 Å². The molecule has 1 atom stereocenters. The van der Waals surface area contributed by atoms with Gasteiger partial charge in [0, 0.05) is 24.7 Å². The van der Waals surface area contributed by atoms with Crippen molar-refractivity contribution in [1.29, 1.82) is 0 Å². The second-order valence-corrected chi connectivity index (χ2v) is 5.78. The Kier molecular flexibility index (Phi) is 4.88. The van der Waals surface area contributed by atoms with Crippen LogP contribution in [-0.2, 0) is 4.79 Å². The maximum atomic E-state index is 12.5. The molecule has 1 aliphatic heterocycles. The third kappa shape index (κ3) is 3.57. The molecule has 0 radical (unpaired) electrons. The summed E-state index contributed by atoms with van der Waals surface area (Å²) in [5.74, 6) is 0.919. The van der Waals surface area contributed by atoms with E-state index in [0.717, 1.165) is 5.69 Å². The van der Waals surface area contributed by atoms with Crippen molar-refractivity contribution in [3.05, 3.63) is 54.1 Å². The lowest BCUT2D eigenvalue weighted by Crippen LogP contribution is -2.37. The van der Waals surface area contributed by atoms with E-state index in [1.165, 1.54) is 7.11 Å². The zero-order valence-corrected chi connectivity index (χ0v) is 14.2. The van der Waals surface area contributed by atoms with Crippen molar-refractivity contribution >= 4 is 17.5 Å². The number of benzene rings is 2. The van der Waals surface area contributed by atoms with E-state index in [1.54, 1.807) is 36.3 Å². The molecule has 1 saturated heterocycles. The van der Waals surface area contributed by atoms with Crippen LogP contribution in [0.4, 0.5) is 5.69 Å². The van der Waals surface area contributed by atoms with Crippen molar-refractivity contribution in [3.63, 3.8) is 0 Å². The highest BCUT2D eigenvalue weighted by atomic mass is 16.5. The predicted molar refractivity (Wildman–Crippen MR) is 94.2 cm³/mol. The molecule has 0 spiro atoms. The first-order valence-corrected chi connectivity index (χ1v) is 8.00. The number of nitrogens with one attached hydrogen (secondary N) is 1. The second kappa shape index (κ2) is 7.25. The van der Waals surface area contributed by atoms with E-state index in [-0.39, 0.29) is 24.3 Å². The van der Waals surface area contributed by atoms with Crippen molar-refractivity contribution < 1.29 is 19.1 Å². The van der Waals surface area contributed by atoms with E-state index >= 15 is 0 Å². The van der Waals surface area contributed by atoms with Gasteiger partial charge < -0.3 is 19.7 Å². The lowest BCUT2D eigenvalue weighted by molar-refractivity contribution is -0.117. The zero-order valence-electron chi connectivity index (χ0n) is 14.2. The Bertz CT molecular complexity index is 790. The molecule has 1 aliphatic rings. The van der Waals surface area contributed by atoms with Gasteiger partial charge in [-0.25, -0.2) is 0 Å². The maximum absolute atomic E-state index is 12.5. The maximum Gasteiger partial charge on any atom is 0.255 e. The van der Waals surface area contributed by atoms with Crippen LogP contribution in [0.1, 0.15) is 16.8 Å². The number of para-hydroxylation sites is 1. The number of amides is 2. The molecule has 2 aromatic carbocycles. The van der Waals surface area contributed by atoms with Crippen LogP contribution in [0.15, 0.2) is 48.5 Å². The van der Waals surface area contributed by atoms with Gasteiger partial charge in [0.2, 0.25) is 5.91 Å². The highest BCUT2D eigenvalue weighted by Gasteiger charge is 2.32. The van der Waals surface area contributed by atoms with Gasteiger partial charge in [-0.05, 0) is 24.3 Å². The second-order valence-electron chi connectivity index (χ2n) is 5.78. The number of carbonyl (C=O) groups excluding carboxylic acids is 2. The number of anilines is 1. The quantitative estimate of drug-likeness (QED) is 0.906. The summed E-state index contributed by atoms with van der Waals surface area (Å²) in [6.07, 6.45) is 0.262. The molecule has 0 aromatic heterocycles. The van der Waals surface area contributed by atoms with Crippen molar-refractivity contribution in [2.45, 2.75) is 12.5 Å². The fraction of sp³-hybridized carbons (Fsp3) is 0.263. The van der Waals surface area contributed by atoms with Crippen molar-refractivity contribution in [3.8, 4) is 11.5 Å². The topological polar surface area (TPSA) is 67.9 Å². The van der Waals surface area contributed by atoms with E-state index < -0.39 is 0 Å². The molecule has 130 valence electrons. The molecule has 0 aliphatic carbocycles. The van der Waals surface area contributed by atoms with Gasteiger partial charge in [0.15, 0.2) is 0 Å². The number of nitrogens with zero attached hydrogens (tertiary/aromatic N) is 1. The number of rotatable bonds is 5. The van der Waals surface area contributed by atoms with Gasteiger partial charge in [0.05, 0.1) is 25.8 Å². The zero-order chi connectivity index (χ0) is 17.8. The summed E-state index contributed by atoms with van der Waals surface area (Å²) < 4.78 is 10.4. The Balaban J connectivity index is 1.71. The Morgan fingerprint density at radius 3 is 2.68 bits per heavy atom. The first kappa shape index (κ1) is 16.8. The van der Waals surface area contributed by atoms with Gasteiger partial charge in [-0.15, -0.1) is 0 Å². The van der Waals surface area contributed by atoms with Gasteiger partial charge in [-0.3, -0.25) is 9.59 Å². The fourth-order valence-corrected chi connectivity index (χ4v) is 2.93. The molecule has 6 heteroatoms. The molecule has 2 amide bonds. The Labute approximate surface area is 146 Å². The summed E-state index contributed by atoms with van der Waals surface area (Å²) in [4.78, 5) is 26.5. The van der Waals surface area contributed by atoms with Crippen LogP contribution >= 0.6 is 0 Å². The minimum atomic E-state index is -0.254. The highest BCUT2D eigenvalue weighted by Crippen LogP contribution is 2.26. The Hall–Kier alpha value is -3.02. The molecule has 1 fully saturated rings.